The molecule has 0 saturated heterocycles. The Labute approximate surface area is 116 Å². The largest absolute Gasteiger partial charge is 0.494 e. The molecule has 6 heteroatoms. The van der Waals surface area contributed by atoms with E-state index in [1.165, 1.54) is 12.3 Å². The second-order valence-electron chi connectivity index (χ2n) is 3.65. The molecule has 0 radical (unpaired) electrons. The number of hydrogen-bond acceptors (Lipinski definition) is 4. The van der Waals surface area contributed by atoms with Crippen molar-refractivity contribution in [2.75, 3.05) is 6.61 Å². The van der Waals surface area contributed by atoms with E-state index in [9.17, 15) is 8.42 Å². The van der Waals surface area contributed by atoms with Gasteiger partial charge in [-0.3, -0.25) is 0 Å². The fraction of sp³-hybridized carbons (Fsp3) is 0.154. The Balaban J connectivity index is 2.21. The van der Waals surface area contributed by atoms with E-state index in [2.05, 4.69) is 4.40 Å². The number of thiophene rings is 1. The molecule has 0 spiro atoms. The quantitative estimate of drug-likeness (QED) is 0.797. The van der Waals surface area contributed by atoms with Crippen molar-refractivity contribution in [1.29, 1.82) is 0 Å². The molecular formula is C13H13NO3S2. The van der Waals surface area contributed by atoms with E-state index in [1.54, 1.807) is 29.6 Å². The number of hydrogen-bond donors (Lipinski definition) is 0. The van der Waals surface area contributed by atoms with Gasteiger partial charge in [-0.2, -0.15) is 12.8 Å². The normalized spacial score (nSPS) is 11.8. The van der Waals surface area contributed by atoms with Crippen LogP contribution >= 0.6 is 11.3 Å². The molecule has 1 aromatic heterocycles. The van der Waals surface area contributed by atoms with Crippen LogP contribution in [0.1, 0.15) is 12.5 Å². The Hall–Kier alpha value is -1.66. The van der Waals surface area contributed by atoms with Crippen molar-refractivity contribution in [3.8, 4) is 5.75 Å². The molecule has 0 aliphatic rings. The monoisotopic (exact) mass is 295 g/mol. The summed E-state index contributed by atoms with van der Waals surface area (Å²) in [6.07, 6.45) is 1.33. The third kappa shape index (κ3) is 3.65. The van der Waals surface area contributed by atoms with Gasteiger partial charge >= 0.3 is 0 Å². The van der Waals surface area contributed by atoms with Crippen molar-refractivity contribution in [3.63, 3.8) is 0 Å². The fourth-order valence-corrected chi connectivity index (χ4v) is 3.29. The number of nitrogens with zero attached hydrogens (tertiary/aromatic N) is 1. The Kier molecular flexibility index (Phi) is 4.34. The van der Waals surface area contributed by atoms with Gasteiger partial charge in [-0.15, -0.1) is 11.3 Å². The van der Waals surface area contributed by atoms with Gasteiger partial charge in [0.2, 0.25) is 0 Å². The molecule has 0 fully saturated rings. The minimum absolute atomic E-state index is 0.240. The Morgan fingerprint density at radius 1 is 1.32 bits per heavy atom. The van der Waals surface area contributed by atoms with Gasteiger partial charge in [-0.25, -0.2) is 0 Å². The van der Waals surface area contributed by atoms with Crippen molar-refractivity contribution in [2.24, 2.45) is 4.40 Å². The third-order valence-electron chi connectivity index (χ3n) is 2.26. The molecule has 2 aromatic rings. The molecule has 2 rings (SSSR count). The topological polar surface area (TPSA) is 55.7 Å². The van der Waals surface area contributed by atoms with Crippen molar-refractivity contribution >= 4 is 27.6 Å². The molecule has 0 aliphatic heterocycles. The molecule has 100 valence electrons. The van der Waals surface area contributed by atoms with Gasteiger partial charge in [0.05, 0.1) is 6.61 Å². The van der Waals surface area contributed by atoms with Gasteiger partial charge in [-0.1, -0.05) is 18.2 Å². The maximum absolute atomic E-state index is 11.9. The van der Waals surface area contributed by atoms with E-state index < -0.39 is 10.0 Å². The van der Waals surface area contributed by atoms with Gasteiger partial charge < -0.3 is 4.74 Å². The Morgan fingerprint density at radius 3 is 2.84 bits per heavy atom. The molecule has 0 unspecified atom stereocenters. The number of sulfonamides is 1. The maximum Gasteiger partial charge on any atom is 0.291 e. The number of rotatable bonds is 5. The first-order valence-corrected chi connectivity index (χ1v) is 8.00. The highest BCUT2D eigenvalue weighted by molar-refractivity contribution is 7.92. The zero-order valence-corrected chi connectivity index (χ0v) is 11.9. The lowest BCUT2D eigenvalue weighted by Crippen LogP contribution is -1.96. The zero-order chi connectivity index (χ0) is 13.7. The molecule has 0 atom stereocenters. The molecular weight excluding hydrogens is 282 g/mol. The molecule has 0 bridgehead atoms. The molecule has 1 heterocycles. The van der Waals surface area contributed by atoms with Crippen molar-refractivity contribution < 1.29 is 13.2 Å². The van der Waals surface area contributed by atoms with E-state index in [1.807, 2.05) is 13.0 Å². The predicted octanol–water partition coefficient (Wildman–Crippen LogP) is 2.95. The van der Waals surface area contributed by atoms with Crippen LogP contribution < -0.4 is 4.74 Å². The lowest BCUT2D eigenvalue weighted by Gasteiger charge is -2.02. The van der Waals surface area contributed by atoms with Crippen LogP contribution in [0.4, 0.5) is 0 Å². The van der Waals surface area contributed by atoms with Crippen LogP contribution in [0.15, 0.2) is 50.4 Å². The van der Waals surface area contributed by atoms with Gasteiger partial charge in [0, 0.05) is 6.21 Å². The molecule has 0 saturated carbocycles. The molecule has 4 nitrogen and oxygen atoms in total. The lowest BCUT2D eigenvalue weighted by atomic mass is 10.2. The van der Waals surface area contributed by atoms with E-state index in [-0.39, 0.29) is 4.21 Å². The van der Waals surface area contributed by atoms with Crippen LogP contribution in [-0.4, -0.2) is 21.2 Å². The average molecular weight is 295 g/mol. The first kappa shape index (κ1) is 13.8. The van der Waals surface area contributed by atoms with Crippen molar-refractivity contribution in [2.45, 2.75) is 11.1 Å². The number of ether oxygens (including phenoxy) is 1. The van der Waals surface area contributed by atoms with Gasteiger partial charge in [0.1, 0.15) is 9.96 Å². The first-order chi connectivity index (χ1) is 9.12. The van der Waals surface area contributed by atoms with Crippen LogP contribution in [0.5, 0.6) is 5.75 Å². The van der Waals surface area contributed by atoms with Crippen LogP contribution in [-0.2, 0) is 10.0 Å². The maximum atomic E-state index is 11.9. The summed E-state index contributed by atoms with van der Waals surface area (Å²) in [6.45, 7) is 2.45. The number of benzene rings is 1. The van der Waals surface area contributed by atoms with Crippen LogP contribution in [0.2, 0.25) is 0 Å². The lowest BCUT2D eigenvalue weighted by molar-refractivity contribution is 0.340. The summed E-state index contributed by atoms with van der Waals surface area (Å²) in [5.41, 5.74) is 0.686. The first-order valence-electron chi connectivity index (χ1n) is 5.68. The summed E-state index contributed by atoms with van der Waals surface area (Å²) < 4.78 is 33.0. The summed E-state index contributed by atoms with van der Waals surface area (Å²) in [6, 6.07) is 10.3. The smallest absolute Gasteiger partial charge is 0.291 e. The minimum Gasteiger partial charge on any atom is -0.494 e. The highest BCUT2D eigenvalue weighted by atomic mass is 32.2. The van der Waals surface area contributed by atoms with Crippen molar-refractivity contribution in [3.05, 3.63) is 47.3 Å². The van der Waals surface area contributed by atoms with E-state index >= 15 is 0 Å². The van der Waals surface area contributed by atoms with Gasteiger partial charge in [0.15, 0.2) is 0 Å². The molecule has 0 aliphatic carbocycles. The summed E-state index contributed by atoms with van der Waals surface area (Å²) >= 11 is 1.15. The highest BCUT2D eigenvalue weighted by Gasteiger charge is 2.12. The second kappa shape index (κ2) is 5.99. The van der Waals surface area contributed by atoms with E-state index in [0.717, 1.165) is 11.3 Å². The predicted molar refractivity (Wildman–Crippen MR) is 76.7 cm³/mol. The second-order valence-corrected chi connectivity index (χ2v) is 6.45. The Bertz CT molecular complexity index is 661. The fourth-order valence-electron chi connectivity index (χ4n) is 1.44. The zero-order valence-electron chi connectivity index (χ0n) is 10.3. The summed E-state index contributed by atoms with van der Waals surface area (Å²) in [5.74, 6) is 0.694. The van der Waals surface area contributed by atoms with Crippen LogP contribution in [0.3, 0.4) is 0 Å². The van der Waals surface area contributed by atoms with Crippen LogP contribution in [0.25, 0.3) is 0 Å². The van der Waals surface area contributed by atoms with Gasteiger partial charge in [-0.05, 0) is 36.1 Å². The van der Waals surface area contributed by atoms with Crippen molar-refractivity contribution in [1.82, 2.24) is 0 Å². The van der Waals surface area contributed by atoms with Gasteiger partial charge in [0.25, 0.3) is 10.0 Å². The summed E-state index contributed by atoms with van der Waals surface area (Å²) in [5, 5.41) is 1.71. The average Bonchev–Trinajstić information content (AvgIpc) is 2.92. The summed E-state index contributed by atoms with van der Waals surface area (Å²) in [4.78, 5) is 0. The summed E-state index contributed by atoms with van der Waals surface area (Å²) in [7, 11) is -3.59. The third-order valence-corrected chi connectivity index (χ3v) is 4.87. The highest BCUT2D eigenvalue weighted by Crippen LogP contribution is 2.18. The van der Waals surface area contributed by atoms with E-state index in [4.69, 9.17) is 4.74 Å². The van der Waals surface area contributed by atoms with Crippen LogP contribution in [0, 0.1) is 0 Å². The molecule has 19 heavy (non-hydrogen) atoms. The SMILES string of the molecule is CCOc1cccc(/C=N\S(=O)(=O)c2cccs2)c1. The standard InChI is InChI=1S/C13H13NO3S2/c1-2-17-12-6-3-5-11(9-12)10-14-19(15,16)13-7-4-8-18-13/h3-10H,2H2,1H3/b14-10-. The van der Waals surface area contributed by atoms with E-state index in [0.29, 0.717) is 17.9 Å². The minimum atomic E-state index is -3.59. The Morgan fingerprint density at radius 2 is 2.16 bits per heavy atom. The molecule has 0 N–H and O–H groups in total. The molecule has 0 amide bonds. The molecule has 1 aromatic carbocycles.